The molecule has 0 aromatic carbocycles. The number of rotatable bonds is 1. The molecule has 1 atom stereocenters. The highest BCUT2D eigenvalue weighted by Gasteiger charge is 2.30. The topological polar surface area (TPSA) is 105 Å². The van der Waals surface area contributed by atoms with Crippen molar-refractivity contribution in [1.82, 2.24) is 0 Å². The summed E-state index contributed by atoms with van der Waals surface area (Å²) in [6, 6.07) is 0. The third-order valence-electron chi connectivity index (χ3n) is 1.10. The van der Waals surface area contributed by atoms with Gasteiger partial charge in [0.2, 0.25) is 15.7 Å². The minimum absolute atomic E-state index is 0.523. The van der Waals surface area contributed by atoms with Crippen LogP contribution in [-0.2, 0) is 19.3 Å². The molecule has 0 saturated carbocycles. The van der Waals surface area contributed by atoms with Crippen molar-refractivity contribution in [2.45, 2.75) is 5.37 Å². The van der Waals surface area contributed by atoms with E-state index in [0.717, 1.165) is 6.21 Å². The lowest BCUT2D eigenvalue weighted by Crippen LogP contribution is -2.28. The monoisotopic (exact) mass is 243 g/mol. The van der Waals surface area contributed by atoms with Crippen LogP contribution in [0.15, 0.2) is 15.4 Å². The largest absolute Gasteiger partial charge is 0.263 e. The lowest BCUT2D eigenvalue weighted by molar-refractivity contribution is 0.602. The summed E-state index contributed by atoms with van der Waals surface area (Å²) in [6.45, 7) is 0. The van der Waals surface area contributed by atoms with Crippen molar-refractivity contribution in [3.05, 3.63) is 0 Å². The van der Waals surface area contributed by atoms with Crippen LogP contribution in [0.5, 0.6) is 0 Å². The van der Waals surface area contributed by atoms with Crippen LogP contribution in [0.3, 0.4) is 0 Å². The maximum absolute atomic E-state index is 10.8. The molecular formula is C3H2ClN3O4S2. The fraction of sp³-hybridized carbons (Fsp3) is 0.333. The van der Waals surface area contributed by atoms with Gasteiger partial charge in [-0.3, -0.25) is 0 Å². The maximum atomic E-state index is 10.8. The first-order chi connectivity index (χ1) is 5.93. The Morgan fingerprint density at radius 1 is 1.46 bits per heavy atom. The van der Waals surface area contributed by atoms with Gasteiger partial charge in [0.15, 0.2) is 0 Å². The lowest BCUT2D eigenvalue weighted by atomic mass is 10.4. The van der Waals surface area contributed by atoms with Gasteiger partial charge in [-0.05, 0) is 5.22 Å². The molecule has 13 heavy (non-hydrogen) atoms. The molecule has 0 N–H and O–H groups in total. The maximum Gasteiger partial charge on any atom is 0.263 e. The van der Waals surface area contributed by atoms with Gasteiger partial charge in [-0.15, -0.1) is 10.2 Å². The SMILES string of the molecule is O=S(=O)=C1C=NN=NC1S(=O)(=O)Cl. The Morgan fingerprint density at radius 2 is 2.08 bits per heavy atom. The first-order valence-corrected chi connectivity index (χ1v) is 6.20. The normalized spacial score (nSPS) is 21.9. The molecule has 0 bridgehead atoms. The molecule has 10 heteroatoms. The van der Waals surface area contributed by atoms with E-state index in [-0.39, 0.29) is 0 Å². The molecule has 1 aliphatic heterocycles. The summed E-state index contributed by atoms with van der Waals surface area (Å²) in [5, 5.41) is 7.51. The number of hydrogen-bond donors (Lipinski definition) is 0. The van der Waals surface area contributed by atoms with Crippen LogP contribution in [0, 0.1) is 0 Å². The summed E-state index contributed by atoms with van der Waals surface area (Å²) in [7, 11) is -1.94. The van der Waals surface area contributed by atoms with Crippen molar-refractivity contribution in [1.29, 1.82) is 0 Å². The number of halogens is 1. The molecule has 0 saturated heterocycles. The van der Waals surface area contributed by atoms with Crippen LogP contribution >= 0.6 is 10.7 Å². The molecule has 1 heterocycles. The van der Waals surface area contributed by atoms with Gasteiger partial charge in [0, 0.05) is 10.7 Å². The van der Waals surface area contributed by atoms with Gasteiger partial charge < -0.3 is 0 Å². The standard InChI is InChI=1S/C3H2ClN3O4S2/c4-13(10,11)3-2(12(8)9)1-5-7-6-3/h1,3H. The highest BCUT2D eigenvalue weighted by Crippen LogP contribution is 2.12. The zero-order chi connectivity index (χ0) is 10.1. The molecule has 0 aliphatic carbocycles. The van der Waals surface area contributed by atoms with Crippen LogP contribution in [0.25, 0.3) is 0 Å². The Morgan fingerprint density at radius 3 is 2.46 bits per heavy atom. The summed E-state index contributed by atoms with van der Waals surface area (Å²) < 4.78 is 42.4. The van der Waals surface area contributed by atoms with Crippen LogP contribution in [-0.4, -0.2) is 33.3 Å². The van der Waals surface area contributed by atoms with Crippen molar-refractivity contribution in [2.24, 2.45) is 15.4 Å². The molecule has 72 valence electrons. The highest BCUT2D eigenvalue weighted by atomic mass is 35.7. The quantitative estimate of drug-likeness (QED) is 0.452. The van der Waals surface area contributed by atoms with Crippen molar-refractivity contribution in [3.8, 4) is 0 Å². The highest BCUT2D eigenvalue weighted by molar-refractivity contribution is 8.15. The zero-order valence-corrected chi connectivity index (χ0v) is 8.21. The van der Waals surface area contributed by atoms with Crippen LogP contribution in [0.4, 0.5) is 0 Å². The summed E-state index contributed by atoms with van der Waals surface area (Å²) in [5.41, 5.74) is 0. The zero-order valence-electron chi connectivity index (χ0n) is 5.82. The van der Waals surface area contributed by atoms with Gasteiger partial charge in [0.05, 0.1) is 6.21 Å². The van der Waals surface area contributed by atoms with Gasteiger partial charge in [0.25, 0.3) is 9.05 Å². The Balaban J connectivity index is 3.36. The Kier molecular flexibility index (Phi) is 2.78. The molecule has 1 aliphatic rings. The second-order valence-electron chi connectivity index (χ2n) is 1.91. The third kappa shape index (κ3) is 2.32. The minimum atomic E-state index is -4.13. The second-order valence-corrected chi connectivity index (χ2v) is 5.54. The summed E-state index contributed by atoms with van der Waals surface area (Å²) in [6.07, 6.45) is 0.778. The van der Waals surface area contributed by atoms with Crippen molar-refractivity contribution < 1.29 is 16.8 Å². The number of hydrogen-bond acceptors (Lipinski definition) is 7. The number of nitrogens with zero attached hydrogens (tertiary/aromatic N) is 3. The Hall–Kier alpha value is -0.800. The molecule has 1 unspecified atom stereocenters. The molecular weight excluding hydrogens is 242 g/mol. The van der Waals surface area contributed by atoms with Crippen molar-refractivity contribution >= 4 is 41.1 Å². The molecule has 0 amide bonds. The average Bonchev–Trinajstić information content (AvgIpc) is 2.03. The third-order valence-corrected chi connectivity index (χ3v) is 3.35. The van der Waals surface area contributed by atoms with E-state index in [0.29, 0.717) is 0 Å². The minimum Gasteiger partial charge on any atom is -0.209 e. The summed E-state index contributed by atoms with van der Waals surface area (Å²) >= 11 is 0. The van der Waals surface area contributed by atoms with Gasteiger partial charge in [-0.2, -0.15) is 8.42 Å². The van der Waals surface area contributed by atoms with E-state index in [4.69, 9.17) is 10.7 Å². The van der Waals surface area contributed by atoms with Gasteiger partial charge in [-0.25, -0.2) is 8.42 Å². The molecule has 0 aromatic heterocycles. The van der Waals surface area contributed by atoms with E-state index < -0.39 is 29.6 Å². The van der Waals surface area contributed by atoms with Crippen LogP contribution < -0.4 is 0 Å². The van der Waals surface area contributed by atoms with E-state index in [9.17, 15) is 16.8 Å². The first kappa shape index (κ1) is 10.3. The molecule has 1 rings (SSSR count). The second kappa shape index (κ2) is 3.52. The van der Waals surface area contributed by atoms with Crippen molar-refractivity contribution in [3.63, 3.8) is 0 Å². The Bertz CT molecular complexity index is 493. The average molecular weight is 244 g/mol. The van der Waals surface area contributed by atoms with Crippen LogP contribution in [0.2, 0.25) is 0 Å². The van der Waals surface area contributed by atoms with E-state index >= 15 is 0 Å². The molecule has 0 fully saturated rings. The van der Waals surface area contributed by atoms with E-state index in [1.54, 1.807) is 0 Å². The van der Waals surface area contributed by atoms with Gasteiger partial charge in [0.1, 0.15) is 4.86 Å². The van der Waals surface area contributed by atoms with E-state index in [2.05, 4.69) is 15.4 Å². The van der Waals surface area contributed by atoms with Gasteiger partial charge >= 0.3 is 0 Å². The first-order valence-electron chi connectivity index (χ1n) is 2.75. The molecule has 0 aromatic rings. The van der Waals surface area contributed by atoms with Gasteiger partial charge in [-0.1, -0.05) is 0 Å². The predicted octanol–water partition coefficient (Wildman–Crippen LogP) is -0.616. The fourth-order valence-corrected chi connectivity index (χ4v) is 2.61. The smallest absolute Gasteiger partial charge is 0.209 e. The predicted molar refractivity (Wildman–Crippen MR) is 45.8 cm³/mol. The fourth-order valence-electron chi connectivity index (χ4n) is 0.601. The van der Waals surface area contributed by atoms with E-state index in [1.165, 1.54) is 0 Å². The van der Waals surface area contributed by atoms with Crippen LogP contribution in [0.1, 0.15) is 0 Å². The summed E-state index contributed by atoms with van der Waals surface area (Å²) in [5.74, 6) is 0. The summed E-state index contributed by atoms with van der Waals surface area (Å²) in [4.78, 5) is -0.523. The molecule has 0 radical (unpaired) electrons. The Labute approximate surface area is 79.1 Å². The lowest BCUT2D eigenvalue weighted by Gasteiger charge is -2.05. The van der Waals surface area contributed by atoms with Crippen molar-refractivity contribution in [2.75, 3.05) is 0 Å². The molecule has 7 nitrogen and oxygen atoms in total. The van der Waals surface area contributed by atoms with E-state index in [1.807, 2.05) is 0 Å². The molecule has 0 spiro atoms.